The van der Waals surface area contributed by atoms with Gasteiger partial charge in [0.15, 0.2) is 0 Å². The van der Waals surface area contributed by atoms with Crippen LogP contribution in [0.4, 0.5) is 0 Å². The highest BCUT2D eigenvalue weighted by Gasteiger charge is 2.19. The number of hydrogen-bond donors (Lipinski definition) is 1. The van der Waals surface area contributed by atoms with Gasteiger partial charge in [0.1, 0.15) is 5.01 Å². The molecule has 1 saturated heterocycles. The van der Waals surface area contributed by atoms with Crippen LogP contribution in [0.25, 0.3) is 10.2 Å². The molecule has 0 spiro atoms. The van der Waals surface area contributed by atoms with Gasteiger partial charge < -0.3 is 5.32 Å². The SMILES string of the molecule is C[C@H]1CNCCN1Cc1nc2ccccc2s1.Cl.Cl. The zero-order valence-electron chi connectivity index (χ0n) is 10.8. The number of nitrogens with zero attached hydrogens (tertiary/aromatic N) is 2. The fourth-order valence-electron chi connectivity index (χ4n) is 2.28. The van der Waals surface area contributed by atoms with Crippen molar-refractivity contribution < 1.29 is 0 Å². The smallest absolute Gasteiger partial charge is 0.108 e. The number of thiazole rings is 1. The van der Waals surface area contributed by atoms with Crippen LogP contribution in [0.15, 0.2) is 24.3 Å². The summed E-state index contributed by atoms with van der Waals surface area (Å²) in [5, 5.41) is 4.65. The first-order valence-corrected chi connectivity index (χ1v) is 6.94. The Bertz CT molecular complexity index is 484. The molecule has 0 bridgehead atoms. The van der Waals surface area contributed by atoms with E-state index in [0.717, 1.165) is 31.7 Å². The summed E-state index contributed by atoms with van der Waals surface area (Å²) in [6, 6.07) is 8.99. The monoisotopic (exact) mass is 319 g/mol. The second kappa shape index (κ2) is 7.41. The largest absolute Gasteiger partial charge is 0.314 e. The van der Waals surface area contributed by atoms with Gasteiger partial charge in [-0.2, -0.15) is 0 Å². The first kappa shape index (κ1) is 16.7. The third kappa shape index (κ3) is 3.80. The first-order chi connectivity index (χ1) is 8.33. The van der Waals surface area contributed by atoms with E-state index < -0.39 is 0 Å². The fourth-order valence-corrected chi connectivity index (χ4v) is 3.27. The van der Waals surface area contributed by atoms with Crippen molar-refractivity contribution in [3.8, 4) is 0 Å². The van der Waals surface area contributed by atoms with E-state index in [9.17, 15) is 0 Å². The number of hydrogen-bond acceptors (Lipinski definition) is 4. The summed E-state index contributed by atoms with van der Waals surface area (Å²) >= 11 is 1.82. The van der Waals surface area contributed by atoms with Crippen LogP contribution < -0.4 is 5.32 Å². The molecule has 1 atom stereocenters. The maximum atomic E-state index is 4.70. The highest BCUT2D eigenvalue weighted by Crippen LogP contribution is 2.23. The first-order valence-electron chi connectivity index (χ1n) is 6.12. The lowest BCUT2D eigenvalue weighted by Crippen LogP contribution is -2.49. The number of fused-ring (bicyclic) bond motifs is 1. The van der Waals surface area contributed by atoms with Crippen LogP contribution in [0.3, 0.4) is 0 Å². The standard InChI is InChI=1S/C13H17N3S.2ClH/c1-10-8-14-6-7-16(10)9-13-15-11-4-2-3-5-12(11)17-13;;/h2-5,10,14H,6-9H2,1H3;2*1H/t10-;;/m0../s1. The number of halogens is 2. The third-order valence-corrected chi connectivity index (χ3v) is 4.34. The van der Waals surface area contributed by atoms with Crippen molar-refractivity contribution in [3.63, 3.8) is 0 Å². The van der Waals surface area contributed by atoms with Crippen molar-refractivity contribution in [3.05, 3.63) is 29.3 Å². The van der Waals surface area contributed by atoms with Crippen molar-refractivity contribution in [2.45, 2.75) is 19.5 Å². The van der Waals surface area contributed by atoms with Crippen LogP contribution in [-0.4, -0.2) is 35.6 Å². The van der Waals surface area contributed by atoms with Gasteiger partial charge in [0.05, 0.1) is 16.8 Å². The molecular formula is C13H19Cl2N3S. The number of benzene rings is 1. The Morgan fingerprint density at radius 1 is 1.37 bits per heavy atom. The van der Waals surface area contributed by atoms with E-state index in [4.69, 9.17) is 4.98 Å². The fraction of sp³-hybridized carbons (Fsp3) is 0.462. The summed E-state index contributed by atoms with van der Waals surface area (Å²) in [6.45, 7) is 6.57. The minimum Gasteiger partial charge on any atom is -0.314 e. The molecule has 0 aliphatic carbocycles. The normalized spacial score (nSPS) is 19.7. The minimum atomic E-state index is 0. The van der Waals surface area contributed by atoms with Crippen molar-refractivity contribution in [1.29, 1.82) is 0 Å². The Labute approximate surface area is 130 Å². The number of para-hydroxylation sites is 1. The average molecular weight is 320 g/mol. The molecule has 0 amide bonds. The molecule has 0 unspecified atom stereocenters. The molecule has 1 aliphatic heterocycles. The molecule has 2 heterocycles. The molecular weight excluding hydrogens is 301 g/mol. The van der Waals surface area contributed by atoms with Crippen LogP contribution in [0.1, 0.15) is 11.9 Å². The van der Waals surface area contributed by atoms with Gasteiger partial charge in [-0.05, 0) is 19.1 Å². The molecule has 3 nitrogen and oxygen atoms in total. The molecule has 0 saturated carbocycles. The molecule has 1 aliphatic rings. The topological polar surface area (TPSA) is 28.2 Å². The zero-order chi connectivity index (χ0) is 11.7. The summed E-state index contributed by atoms with van der Waals surface area (Å²) < 4.78 is 1.30. The van der Waals surface area contributed by atoms with E-state index in [-0.39, 0.29) is 24.8 Å². The zero-order valence-corrected chi connectivity index (χ0v) is 13.3. The van der Waals surface area contributed by atoms with Crippen molar-refractivity contribution in [1.82, 2.24) is 15.2 Å². The Morgan fingerprint density at radius 3 is 2.89 bits per heavy atom. The van der Waals surface area contributed by atoms with Crippen molar-refractivity contribution >= 4 is 46.4 Å². The van der Waals surface area contributed by atoms with Crippen LogP contribution >= 0.6 is 36.2 Å². The van der Waals surface area contributed by atoms with Gasteiger partial charge in [-0.25, -0.2) is 4.98 Å². The molecule has 3 rings (SSSR count). The average Bonchev–Trinajstić information content (AvgIpc) is 2.74. The van der Waals surface area contributed by atoms with Gasteiger partial charge in [0.2, 0.25) is 0 Å². The Kier molecular flexibility index (Phi) is 6.50. The van der Waals surface area contributed by atoms with Gasteiger partial charge >= 0.3 is 0 Å². The molecule has 1 aromatic heterocycles. The van der Waals surface area contributed by atoms with E-state index in [2.05, 4.69) is 41.4 Å². The lowest BCUT2D eigenvalue weighted by molar-refractivity contribution is 0.165. The maximum absolute atomic E-state index is 4.70. The van der Waals surface area contributed by atoms with Crippen LogP contribution in [0.5, 0.6) is 0 Å². The predicted octanol–water partition coefficient (Wildman–Crippen LogP) is 2.93. The van der Waals surface area contributed by atoms with E-state index in [0.29, 0.717) is 6.04 Å². The summed E-state index contributed by atoms with van der Waals surface area (Å²) in [5.41, 5.74) is 1.13. The summed E-state index contributed by atoms with van der Waals surface area (Å²) in [5.74, 6) is 0. The van der Waals surface area contributed by atoms with Gasteiger partial charge in [0.25, 0.3) is 0 Å². The van der Waals surface area contributed by atoms with Gasteiger partial charge in [-0.15, -0.1) is 36.2 Å². The van der Waals surface area contributed by atoms with Crippen molar-refractivity contribution in [2.24, 2.45) is 0 Å². The van der Waals surface area contributed by atoms with Crippen LogP contribution in [0.2, 0.25) is 0 Å². The predicted molar refractivity (Wildman–Crippen MR) is 86.9 cm³/mol. The molecule has 0 radical (unpaired) electrons. The third-order valence-electron chi connectivity index (χ3n) is 3.32. The van der Waals surface area contributed by atoms with E-state index in [1.54, 1.807) is 0 Å². The molecule has 6 heteroatoms. The Hall–Kier alpha value is -0.390. The molecule has 106 valence electrons. The van der Waals surface area contributed by atoms with Gasteiger partial charge in [0, 0.05) is 25.7 Å². The summed E-state index contributed by atoms with van der Waals surface area (Å²) in [7, 11) is 0. The van der Waals surface area contributed by atoms with Gasteiger partial charge in [-0.1, -0.05) is 12.1 Å². The van der Waals surface area contributed by atoms with E-state index >= 15 is 0 Å². The molecule has 19 heavy (non-hydrogen) atoms. The summed E-state index contributed by atoms with van der Waals surface area (Å²) in [4.78, 5) is 7.21. The molecule has 1 N–H and O–H groups in total. The highest BCUT2D eigenvalue weighted by atomic mass is 35.5. The van der Waals surface area contributed by atoms with Crippen molar-refractivity contribution in [2.75, 3.05) is 19.6 Å². The Morgan fingerprint density at radius 2 is 2.16 bits per heavy atom. The highest BCUT2D eigenvalue weighted by molar-refractivity contribution is 7.18. The van der Waals surface area contributed by atoms with Crippen LogP contribution in [-0.2, 0) is 6.54 Å². The minimum absolute atomic E-state index is 0. The molecule has 1 fully saturated rings. The van der Waals surface area contributed by atoms with E-state index in [1.165, 1.54) is 9.71 Å². The van der Waals surface area contributed by atoms with E-state index in [1.807, 2.05) is 11.3 Å². The van der Waals surface area contributed by atoms with Gasteiger partial charge in [-0.3, -0.25) is 4.90 Å². The Balaban J connectivity index is 0.000000902. The van der Waals surface area contributed by atoms with Crippen LogP contribution in [0, 0.1) is 0 Å². The summed E-state index contributed by atoms with van der Waals surface area (Å²) in [6.07, 6.45) is 0. The second-order valence-corrected chi connectivity index (χ2v) is 5.71. The number of aromatic nitrogens is 1. The lowest BCUT2D eigenvalue weighted by Gasteiger charge is -2.33. The lowest BCUT2D eigenvalue weighted by atomic mass is 10.2. The number of nitrogens with one attached hydrogen (secondary N) is 1. The number of piperazine rings is 1. The second-order valence-electron chi connectivity index (χ2n) is 4.60. The molecule has 1 aromatic carbocycles. The molecule has 2 aromatic rings. The maximum Gasteiger partial charge on any atom is 0.108 e. The number of rotatable bonds is 2. The quantitative estimate of drug-likeness (QED) is 0.922.